The first-order chi connectivity index (χ1) is 5.89. The van der Waals surface area contributed by atoms with Crippen LogP contribution in [0.5, 0.6) is 0 Å². The fourth-order valence-electron chi connectivity index (χ4n) is 0.818. The maximum atomic E-state index is 3.72. The molecule has 0 fully saturated rings. The zero-order chi connectivity index (χ0) is 8.65. The Morgan fingerprint density at radius 2 is 1.67 bits per heavy atom. The predicted octanol–water partition coefficient (Wildman–Crippen LogP) is 4.02. The molecule has 1 aliphatic rings. The molecule has 0 heterocycles. The van der Waals surface area contributed by atoms with Crippen molar-refractivity contribution >= 4 is 24.8 Å². The van der Waals surface area contributed by atoms with E-state index in [9.17, 15) is 0 Å². The third-order valence-corrected chi connectivity index (χ3v) is 1.43. The fourth-order valence-corrected chi connectivity index (χ4v) is 0.818. The molecular weight excluding hydrogens is 306 g/mol. The van der Waals surface area contributed by atoms with Gasteiger partial charge in [-0.3, -0.25) is 6.08 Å². The number of benzene rings is 1. The molecule has 2 rings (SSSR count). The summed E-state index contributed by atoms with van der Waals surface area (Å²) in [6, 6.07) is 9.87. The molecule has 0 radical (unpaired) electrons. The minimum absolute atomic E-state index is 0. The van der Waals surface area contributed by atoms with E-state index in [-0.39, 0.29) is 51.0 Å². The van der Waals surface area contributed by atoms with Crippen LogP contribution in [0.1, 0.15) is 12.0 Å². The topological polar surface area (TPSA) is 0 Å². The van der Waals surface area contributed by atoms with Gasteiger partial charge in [0.15, 0.2) is 0 Å². The SMILES string of the molecule is Cl.Cl.[C-]1=CC=CC1.[CH2-]c1ccccc1.[Zr+2]. The summed E-state index contributed by atoms with van der Waals surface area (Å²) < 4.78 is 0. The van der Waals surface area contributed by atoms with Crippen molar-refractivity contribution in [3.8, 4) is 0 Å². The van der Waals surface area contributed by atoms with E-state index in [0.717, 1.165) is 12.0 Å². The number of rotatable bonds is 0. The molecule has 0 nitrogen and oxygen atoms in total. The number of halogens is 2. The average Bonchev–Trinajstić information content (AvgIpc) is 2.62. The molecule has 0 bridgehead atoms. The van der Waals surface area contributed by atoms with Gasteiger partial charge in [0.25, 0.3) is 0 Å². The summed E-state index contributed by atoms with van der Waals surface area (Å²) in [6.07, 6.45) is 10.0. The standard InChI is InChI=1S/C7H7.C5H5.2ClH.Zr/c1-7-5-3-2-4-6-7;1-2-4-5-3-1;;;/h2-6H,1H2;1-3H,4H2;2*1H;/q2*-1;;;+2. The second-order valence-corrected chi connectivity index (χ2v) is 2.49. The van der Waals surface area contributed by atoms with E-state index >= 15 is 0 Å². The van der Waals surface area contributed by atoms with E-state index in [0.29, 0.717) is 0 Å². The Balaban J connectivity index is -0.000000165. The van der Waals surface area contributed by atoms with Crippen molar-refractivity contribution in [1.82, 2.24) is 0 Å². The Hall–Kier alpha value is 0.0331. The van der Waals surface area contributed by atoms with Gasteiger partial charge < -0.3 is 0 Å². The zero-order valence-electron chi connectivity index (χ0n) is 8.35. The van der Waals surface area contributed by atoms with Gasteiger partial charge in [0.1, 0.15) is 0 Å². The van der Waals surface area contributed by atoms with Crippen molar-refractivity contribution in [2.24, 2.45) is 0 Å². The van der Waals surface area contributed by atoms with Crippen LogP contribution in [0.25, 0.3) is 0 Å². The predicted molar refractivity (Wildman–Crippen MR) is 67.0 cm³/mol. The van der Waals surface area contributed by atoms with Gasteiger partial charge in [-0.05, 0) is 0 Å². The molecule has 0 saturated carbocycles. The summed E-state index contributed by atoms with van der Waals surface area (Å²) in [5, 5.41) is 0. The minimum atomic E-state index is 0. The number of allylic oxidation sites excluding steroid dienone is 4. The average molecular weight is 320 g/mol. The number of hydrogen-bond donors (Lipinski definition) is 0. The summed E-state index contributed by atoms with van der Waals surface area (Å²) in [5.41, 5.74) is 1.07. The van der Waals surface area contributed by atoms with E-state index in [2.05, 4.69) is 19.1 Å². The second kappa shape index (κ2) is 14.0. The Labute approximate surface area is 124 Å². The van der Waals surface area contributed by atoms with Gasteiger partial charge in [-0.1, -0.05) is 6.07 Å². The van der Waals surface area contributed by atoms with Crippen molar-refractivity contribution in [3.63, 3.8) is 0 Å². The summed E-state index contributed by atoms with van der Waals surface area (Å²) in [6.45, 7) is 3.72. The monoisotopic (exact) mass is 318 g/mol. The first-order valence-electron chi connectivity index (χ1n) is 3.98. The van der Waals surface area contributed by atoms with E-state index in [4.69, 9.17) is 0 Å². The molecule has 1 aromatic rings. The van der Waals surface area contributed by atoms with E-state index < -0.39 is 0 Å². The molecule has 80 valence electrons. The normalized spacial score (nSPS) is 9.87. The third kappa shape index (κ3) is 12.0. The third-order valence-electron chi connectivity index (χ3n) is 1.43. The molecule has 0 amide bonds. The molecule has 1 aliphatic carbocycles. The van der Waals surface area contributed by atoms with E-state index in [1.54, 1.807) is 0 Å². The molecule has 0 aliphatic heterocycles. The van der Waals surface area contributed by atoms with Gasteiger partial charge in [0.05, 0.1) is 0 Å². The molecule has 3 heteroatoms. The summed E-state index contributed by atoms with van der Waals surface area (Å²) >= 11 is 0. The van der Waals surface area contributed by atoms with Crippen LogP contribution in [0, 0.1) is 13.0 Å². The second-order valence-electron chi connectivity index (χ2n) is 2.49. The van der Waals surface area contributed by atoms with Gasteiger partial charge in [-0.15, -0.1) is 43.4 Å². The molecule has 0 unspecified atom stereocenters. The van der Waals surface area contributed by atoms with Crippen LogP contribution in [0.2, 0.25) is 0 Å². The van der Waals surface area contributed by atoms with Crippen LogP contribution in [0.3, 0.4) is 0 Å². The molecule has 0 spiro atoms. The fraction of sp³-hybridized carbons (Fsp3) is 0.0833. The van der Waals surface area contributed by atoms with Crippen molar-refractivity contribution in [3.05, 3.63) is 67.1 Å². The van der Waals surface area contributed by atoms with Crippen LogP contribution < -0.4 is 0 Å². The quantitative estimate of drug-likeness (QED) is 0.634. The molecule has 0 saturated heterocycles. The van der Waals surface area contributed by atoms with Crippen LogP contribution in [-0.4, -0.2) is 0 Å². The van der Waals surface area contributed by atoms with Crippen molar-refractivity contribution < 1.29 is 26.2 Å². The van der Waals surface area contributed by atoms with Crippen LogP contribution in [0.15, 0.2) is 48.6 Å². The Morgan fingerprint density at radius 1 is 1.07 bits per heavy atom. The van der Waals surface area contributed by atoms with Crippen LogP contribution in [-0.2, 0) is 26.2 Å². The molecule has 0 atom stereocenters. The van der Waals surface area contributed by atoms with E-state index in [1.165, 1.54) is 0 Å². The van der Waals surface area contributed by atoms with Crippen molar-refractivity contribution in [2.75, 3.05) is 0 Å². The van der Waals surface area contributed by atoms with Crippen LogP contribution in [0.4, 0.5) is 0 Å². The molecule has 15 heavy (non-hydrogen) atoms. The smallest absolute Gasteiger partial charge is 0.273 e. The van der Waals surface area contributed by atoms with E-state index in [1.807, 2.05) is 42.5 Å². The summed E-state index contributed by atoms with van der Waals surface area (Å²) in [4.78, 5) is 0. The van der Waals surface area contributed by atoms with Gasteiger partial charge >= 0.3 is 26.2 Å². The number of hydrogen-bond acceptors (Lipinski definition) is 0. The van der Waals surface area contributed by atoms with Crippen LogP contribution >= 0.6 is 24.8 Å². The Morgan fingerprint density at radius 3 is 1.87 bits per heavy atom. The van der Waals surface area contributed by atoms with Gasteiger partial charge in [0.2, 0.25) is 0 Å². The van der Waals surface area contributed by atoms with Gasteiger partial charge in [-0.25, -0.2) is 12.2 Å². The zero-order valence-corrected chi connectivity index (χ0v) is 12.4. The molecule has 1 aromatic carbocycles. The van der Waals surface area contributed by atoms with Crippen molar-refractivity contribution in [1.29, 1.82) is 0 Å². The van der Waals surface area contributed by atoms with Gasteiger partial charge in [0, 0.05) is 0 Å². The summed E-state index contributed by atoms with van der Waals surface area (Å²) in [7, 11) is 0. The Kier molecular flexibility index (Phi) is 19.1. The maximum absolute atomic E-state index is 3.72. The van der Waals surface area contributed by atoms with Gasteiger partial charge in [-0.2, -0.15) is 30.7 Å². The maximum Gasteiger partial charge on any atom is 2.00 e. The Bertz CT molecular complexity index is 258. The minimum Gasteiger partial charge on any atom is -0.273 e. The molecule has 0 N–H and O–H groups in total. The first-order valence-corrected chi connectivity index (χ1v) is 3.98. The molecule has 0 aromatic heterocycles. The summed E-state index contributed by atoms with van der Waals surface area (Å²) in [5.74, 6) is 0. The largest absolute Gasteiger partial charge is 2.00 e. The molecular formula is C12H14Cl2Zr. The van der Waals surface area contributed by atoms with Crippen molar-refractivity contribution in [2.45, 2.75) is 6.42 Å². The first kappa shape index (κ1) is 20.4.